The maximum Gasteiger partial charge on any atom is 0.280 e. The Balaban J connectivity index is 2.14. The third kappa shape index (κ3) is 4.06. The summed E-state index contributed by atoms with van der Waals surface area (Å²) in [5, 5.41) is 14.3. The first-order valence-corrected chi connectivity index (χ1v) is 6.83. The molecule has 0 unspecified atom stereocenters. The van der Waals surface area contributed by atoms with E-state index in [-0.39, 0.29) is 5.69 Å². The quantitative estimate of drug-likeness (QED) is 0.652. The molecule has 21 heavy (non-hydrogen) atoms. The molecule has 0 atom stereocenters. The fourth-order valence-corrected chi connectivity index (χ4v) is 1.91. The van der Waals surface area contributed by atoms with Crippen molar-refractivity contribution in [2.75, 3.05) is 6.54 Å². The molecule has 110 valence electrons. The second-order valence-corrected chi connectivity index (χ2v) is 5.21. The van der Waals surface area contributed by atoms with Crippen LogP contribution in [0.3, 0.4) is 0 Å². The maximum absolute atomic E-state index is 11.0. The second-order valence-electron chi connectivity index (χ2n) is 5.21. The van der Waals surface area contributed by atoms with Gasteiger partial charge in [0.2, 0.25) is 0 Å². The predicted molar refractivity (Wildman–Crippen MR) is 80.7 cm³/mol. The highest BCUT2D eigenvalue weighted by Crippen LogP contribution is 2.26. The lowest BCUT2D eigenvalue weighted by Crippen LogP contribution is -2.19. The topological polar surface area (TPSA) is 81.0 Å². The predicted octanol–water partition coefficient (Wildman–Crippen LogP) is 2.80. The number of nitrogens with one attached hydrogen (secondary N) is 1. The van der Waals surface area contributed by atoms with Crippen molar-refractivity contribution in [2.24, 2.45) is 5.92 Å². The number of benzene rings is 1. The molecule has 0 saturated carbocycles. The molecule has 1 heterocycles. The number of rotatable bonds is 6. The van der Waals surface area contributed by atoms with Gasteiger partial charge >= 0.3 is 0 Å². The summed E-state index contributed by atoms with van der Waals surface area (Å²) in [5.74, 6) is 0.951. The highest BCUT2D eigenvalue weighted by Gasteiger charge is 2.15. The third-order valence-corrected chi connectivity index (χ3v) is 2.93. The van der Waals surface area contributed by atoms with Gasteiger partial charge in [-0.05, 0) is 18.5 Å². The van der Waals surface area contributed by atoms with Gasteiger partial charge in [0, 0.05) is 30.6 Å². The van der Waals surface area contributed by atoms with Crippen molar-refractivity contribution in [3.8, 4) is 11.4 Å². The Labute approximate surface area is 123 Å². The first-order chi connectivity index (χ1) is 10.1. The van der Waals surface area contributed by atoms with Crippen LogP contribution in [-0.4, -0.2) is 21.4 Å². The Morgan fingerprint density at radius 2 is 1.90 bits per heavy atom. The third-order valence-electron chi connectivity index (χ3n) is 2.93. The summed E-state index contributed by atoms with van der Waals surface area (Å²) in [5.41, 5.74) is 1.41. The van der Waals surface area contributed by atoms with E-state index in [1.165, 1.54) is 6.07 Å². The van der Waals surface area contributed by atoms with Crippen molar-refractivity contribution < 1.29 is 4.92 Å². The molecule has 0 radical (unpaired) electrons. The molecular weight excluding hydrogens is 268 g/mol. The molecule has 1 aromatic heterocycles. The van der Waals surface area contributed by atoms with Gasteiger partial charge in [-0.3, -0.25) is 10.1 Å². The molecule has 0 aliphatic carbocycles. The lowest BCUT2D eigenvalue weighted by atomic mass is 10.1. The Kier molecular flexibility index (Phi) is 4.94. The zero-order valence-corrected chi connectivity index (χ0v) is 12.1. The minimum atomic E-state index is -0.420. The molecule has 0 saturated heterocycles. The van der Waals surface area contributed by atoms with Crippen molar-refractivity contribution in [1.29, 1.82) is 0 Å². The minimum Gasteiger partial charge on any atom is -0.312 e. The van der Waals surface area contributed by atoms with Crippen molar-refractivity contribution in [2.45, 2.75) is 20.4 Å². The average Bonchev–Trinajstić information content (AvgIpc) is 2.47. The van der Waals surface area contributed by atoms with Crippen LogP contribution in [0.25, 0.3) is 11.4 Å². The van der Waals surface area contributed by atoms with Crippen LogP contribution in [0.4, 0.5) is 5.69 Å². The number of nitro benzene ring substituents is 1. The van der Waals surface area contributed by atoms with Gasteiger partial charge in [0.15, 0.2) is 5.82 Å². The molecule has 0 amide bonds. The summed E-state index contributed by atoms with van der Waals surface area (Å²) >= 11 is 0. The van der Waals surface area contributed by atoms with Crippen LogP contribution in [0.15, 0.2) is 36.7 Å². The molecule has 0 aliphatic rings. The summed E-state index contributed by atoms with van der Waals surface area (Å²) in [7, 11) is 0. The summed E-state index contributed by atoms with van der Waals surface area (Å²) in [6, 6.07) is 6.48. The largest absolute Gasteiger partial charge is 0.312 e. The monoisotopic (exact) mass is 286 g/mol. The SMILES string of the molecule is CC(C)CNCc1cnc(-c2ccccc2[N+](=O)[O-])nc1. The molecule has 2 rings (SSSR count). The average molecular weight is 286 g/mol. The van der Waals surface area contributed by atoms with Gasteiger partial charge in [0.25, 0.3) is 5.69 Å². The van der Waals surface area contributed by atoms with E-state index >= 15 is 0 Å². The number of para-hydroxylation sites is 1. The van der Waals surface area contributed by atoms with E-state index in [2.05, 4.69) is 29.1 Å². The summed E-state index contributed by atoms with van der Waals surface area (Å²) in [6.45, 7) is 5.89. The van der Waals surface area contributed by atoms with Gasteiger partial charge in [-0.2, -0.15) is 0 Å². The molecule has 0 fully saturated rings. The number of nitrogens with zero attached hydrogens (tertiary/aromatic N) is 3. The normalized spacial score (nSPS) is 10.8. The molecule has 6 heteroatoms. The molecule has 0 spiro atoms. The number of hydrogen-bond donors (Lipinski definition) is 1. The Hall–Kier alpha value is -2.34. The van der Waals surface area contributed by atoms with E-state index in [9.17, 15) is 10.1 Å². The molecule has 0 aliphatic heterocycles. The van der Waals surface area contributed by atoms with Gasteiger partial charge in [-0.1, -0.05) is 26.0 Å². The van der Waals surface area contributed by atoms with E-state index < -0.39 is 4.92 Å². The highest BCUT2D eigenvalue weighted by molar-refractivity contribution is 5.67. The lowest BCUT2D eigenvalue weighted by Gasteiger charge is -2.07. The number of hydrogen-bond acceptors (Lipinski definition) is 5. The molecule has 1 N–H and O–H groups in total. The van der Waals surface area contributed by atoms with E-state index in [0.29, 0.717) is 23.9 Å². The van der Waals surface area contributed by atoms with E-state index in [1.807, 2.05) is 0 Å². The van der Waals surface area contributed by atoms with E-state index in [1.54, 1.807) is 30.6 Å². The van der Waals surface area contributed by atoms with Crippen LogP contribution >= 0.6 is 0 Å². The van der Waals surface area contributed by atoms with Gasteiger partial charge in [-0.25, -0.2) is 9.97 Å². The van der Waals surface area contributed by atoms with Crippen LogP contribution in [0, 0.1) is 16.0 Å². The first-order valence-electron chi connectivity index (χ1n) is 6.83. The van der Waals surface area contributed by atoms with Gasteiger partial charge in [-0.15, -0.1) is 0 Å². The smallest absolute Gasteiger partial charge is 0.280 e. The zero-order valence-electron chi connectivity index (χ0n) is 12.1. The Morgan fingerprint density at radius 1 is 1.24 bits per heavy atom. The fraction of sp³-hybridized carbons (Fsp3) is 0.333. The van der Waals surface area contributed by atoms with Crippen molar-refractivity contribution in [3.63, 3.8) is 0 Å². The molecule has 1 aromatic carbocycles. The summed E-state index contributed by atoms with van der Waals surface area (Å²) < 4.78 is 0. The van der Waals surface area contributed by atoms with Gasteiger partial charge < -0.3 is 5.32 Å². The fourth-order valence-electron chi connectivity index (χ4n) is 1.91. The zero-order chi connectivity index (χ0) is 15.2. The van der Waals surface area contributed by atoms with Crippen molar-refractivity contribution >= 4 is 5.69 Å². The van der Waals surface area contributed by atoms with E-state index in [0.717, 1.165) is 12.1 Å². The second kappa shape index (κ2) is 6.90. The maximum atomic E-state index is 11.0. The van der Waals surface area contributed by atoms with Crippen molar-refractivity contribution in [1.82, 2.24) is 15.3 Å². The van der Waals surface area contributed by atoms with E-state index in [4.69, 9.17) is 0 Å². The van der Waals surface area contributed by atoms with Gasteiger partial charge in [0.05, 0.1) is 10.5 Å². The standard InChI is InChI=1S/C15H18N4O2/c1-11(2)7-16-8-12-9-17-15(18-10-12)13-5-3-4-6-14(13)19(20)21/h3-6,9-11,16H,7-8H2,1-2H3. The highest BCUT2D eigenvalue weighted by atomic mass is 16.6. The van der Waals surface area contributed by atoms with Crippen LogP contribution in [-0.2, 0) is 6.54 Å². The summed E-state index contributed by atoms with van der Waals surface area (Å²) in [6.07, 6.45) is 3.40. The molecule has 2 aromatic rings. The Bertz CT molecular complexity index is 611. The Morgan fingerprint density at radius 3 is 2.52 bits per heavy atom. The minimum absolute atomic E-state index is 0.0168. The number of aromatic nitrogens is 2. The first kappa shape index (κ1) is 15.1. The van der Waals surface area contributed by atoms with Gasteiger partial charge in [0.1, 0.15) is 0 Å². The van der Waals surface area contributed by atoms with Crippen LogP contribution < -0.4 is 5.32 Å². The molecule has 0 bridgehead atoms. The molecule has 6 nitrogen and oxygen atoms in total. The van der Waals surface area contributed by atoms with Crippen LogP contribution in [0.1, 0.15) is 19.4 Å². The summed E-state index contributed by atoms with van der Waals surface area (Å²) in [4.78, 5) is 19.1. The lowest BCUT2D eigenvalue weighted by molar-refractivity contribution is -0.384. The number of nitro groups is 1. The van der Waals surface area contributed by atoms with Crippen LogP contribution in [0.2, 0.25) is 0 Å². The van der Waals surface area contributed by atoms with Crippen molar-refractivity contribution in [3.05, 3.63) is 52.3 Å². The molecular formula is C15H18N4O2. The van der Waals surface area contributed by atoms with Crippen LogP contribution in [0.5, 0.6) is 0 Å².